The zero-order valence-electron chi connectivity index (χ0n) is 26.8. The van der Waals surface area contributed by atoms with E-state index in [1.807, 2.05) is 18.2 Å². The lowest BCUT2D eigenvalue weighted by atomic mass is 9.90. The number of hydrogen-bond donors (Lipinski definition) is 3. The Morgan fingerprint density at radius 2 is 1.81 bits per heavy atom. The Morgan fingerprint density at radius 3 is 2.58 bits per heavy atom. The van der Waals surface area contributed by atoms with Gasteiger partial charge in [-0.15, -0.1) is 10.2 Å². The number of allylic oxidation sites excluding steroid dienone is 1. The predicted octanol–water partition coefficient (Wildman–Crippen LogP) is 3.57. The minimum absolute atomic E-state index is 0.0579. The van der Waals surface area contributed by atoms with Crippen LogP contribution in [0, 0.1) is 5.92 Å². The van der Waals surface area contributed by atoms with Crippen LogP contribution < -0.4 is 16.0 Å². The van der Waals surface area contributed by atoms with Crippen molar-refractivity contribution in [3.8, 4) is 17.0 Å². The number of aromatic hydroxyl groups is 1. The maximum absolute atomic E-state index is 13.1. The highest BCUT2D eigenvalue weighted by Gasteiger charge is 2.39. The second kappa shape index (κ2) is 14.3. The molecule has 12 nitrogen and oxygen atoms in total. The zero-order chi connectivity index (χ0) is 33.8. The fourth-order valence-electron chi connectivity index (χ4n) is 6.81. The first-order valence-electron chi connectivity index (χ1n) is 16.4. The summed E-state index contributed by atoms with van der Waals surface area (Å²) in [5.41, 5.74) is 10.7. The van der Waals surface area contributed by atoms with E-state index in [2.05, 4.69) is 27.0 Å². The number of para-hydroxylation sites is 1. The molecule has 2 fully saturated rings. The van der Waals surface area contributed by atoms with Crippen molar-refractivity contribution in [1.29, 1.82) is 0 Å². The van der Waals surface area contributed by atoms with E-state index in [0.29, 0.717) is 86.6 Å². The van der Waals surface area contributed by atoms with E-state index in [1.165, 1.54) is 0 Å². The molecule has 0 radical (unpaired) electrons. The van der Waals surface area contributed by atoms with E-state index < -0.39 is 6.04 Å². The van der Waals surface area contributed by atoms with Crippen LogP contribution in [-0.2, 0) is 32.1 Å². The molecule has 48 heavy (non-hydrogen) atoms. The van der Waals surface area contributed by atoms with E-state index in [1.54, 1.807) is 35.2 Å². The number of aromatic nitrogens is 2. The van der Waals surface area contributed by atoms with Gasteiger partial charge < -0.3 is 30.7 Å². The van der Waals surface area contributed by atoms with Crippen molar-refractivity contribution in [2.75, 3.05) is 36.9 Å². The van der Waals surface area contributed by atoms with Crippen LogP contribution in [0.5, 0.6) is 5.75 Å². The molecular formula is C36H40N6O6. The third kappa shape index (κ3) is 7.08. The van der Waals surface area contributed by atoms with E-state index in [4.69, 9.17) is 10.5 Å². The molecule has 1 unspecified atom stereocenters. The van der Waals surface area contributed by atoms with Gasteiger partial charge in [0.2, 0.25) is 5.91 Å². The summed E-state index contributed by atoms with van der Waals surface area (Å²) < 4.78 is 5.64. The Labute approximate surface area is 279 Å². The van der Waals surface area contributed by atoms with Crippen molar-refractivity contribution in [2.24, 2.45) is 5.92 Å². The average Bonchev–Trinajstić information content (AvgIpc) is 3.42. The Balaban J connectivity index is 0.926. The highest BCUT2D eigenvalue weighted by Crippen LogP contribution is 2.34. The monoisotopic (exact) mass is 652 g/mol. The second-order valence-corrected chi connectivity index (χ2v) is 12.6. The minimum atomic E-state index is -0.556. The van der Waals surface area contributed by atoms with Crippen LogP contribution in [-0.4, -0.2) is 75.9 Å². The summed E-state index contributed by atoms with van der Waals surface area (Å²) in [5.74, 6) is 0.00513. The van der Waals surface area contributed by atoms with Crippen LogP contribution in [0.3, 0.4) is 0 Å². The van der Waals surface area contributed by atoms with Gasteiger partial charge >= 0.3 is 0 Å². The second-order valence-electron chi connectivity index (χ2n) is 12.6. The van der Waals surface area contributed by atoms with Crippen molar-refractivity contribution in [1.82, 2.24) is 20.4 Å². The Morgan fingerprint density at radius 1 is 1.04 bits per heavy atom. The van der Waals surface area contributed by atoms with Crippen LogP contribution in [0.2, 0.25) is 0 Å². The molecule has 4 N–H and O–H groups in total. The van der Waals surface area contributed by atoms with Gasteiger partial charge in [-0.25, -0.2) is 0 Å². The number of phenolic OH excluding ortho intramolecular Hbond substituents is 1. The molecule has 2 amide bonds. The SMILES string of the molecule is C=C1CCC(N2Cc3c(CC(=O)COCCCC(=O)C4CCN(c5cc(-c6ccccc6O)nnc5N)CC4)cccc3C2=O)C(=O)N1. The summed E-state index contributed by atoms with van der Waals surface area (Å²) in [5, 5.41) is 21.2. The topological polar surface area (TPSA) is 168 Å². The van der Waals surface area contributed by atoms with Gasteiger partial charge in [0.05, 0.1) is 11.4 Å². The van der Waals surface area contributed by atoms with Crippen LogP contribution in [0.15, 0.2) is 60.8 Å². The number of rotatable bonds is 12. The van der Waals surface area contributed by atoms with Gasteiger partial charge in [-0.05, 0) is 67.5 Å². The molecule has 3 aliphatic rings. The summed E-state index contributed by atoms with van der Waals surface area (Å²) >= 11 is 0. The number of phenols is 1. The molecule has 4 heterocycles. The molecule has 0 spiro atoms. The molecule has 6 rings (SSSR count). The van der Waals surface area contributed by atoms with Crippen LogP contribution in [0.1, 0.15) is 60.0 Å². The Hall–Kier alpha value is -5.10. The third-order valence-corrected chi connectivity index (χ3v) is 9.43. The average molecular weight is 653 g/mol. The molecule has 12 heteroatoms. The highest BCUT2D eigenvalue weighted by molar-refractivity contribution is 6.02. The molecule has 0 saturated carbocycles. The summed E-state index contributed by atoms with van der Waals surface area (Å²) in [6.45, 7) is 5.61. The molecule has 1 atom stereocenters. The van der Waals surface area contributed by atoms with E-state index >= 15 is 0 Å². The van der Waals surface area contributed by atoms with Crippen molar-refractivity contribution < 1.29 is 29.0 Å². The number of ether oxygens (including phenoxy) is 1. The molecule has 3 aromatic rings. The lowest BCUT2D eigenvalue weighted by molar-refractivity contribution is -0.126. The number of nitrogens with one attached hydrogen (secondary N) is 1. The predicted molar refractivity (Wildman–Crippen MR) is 179 cm³/mol. The number of carbonyl (C=O) groups is 4. The number of ketones is 2. The fourth-order valence-corrected chi connectivity index (χ4v) is 6.81. The summed E-state index contributed by atoms with van der Waals surface area (Å²) in [7, 11) is 0. The van der Waals surface area contributed by atoms with E-state index in [0.717, 1.165) is 16.8 Å². The van der Waals surface area contributed by atoms with E-state index in [-0.39, 0.29) is 54.6 Å². The van der Waals surface area contributed by atoms with Gasteiger partial charge in [-0.3, -0.25) is 19.2 Å². The van der Waals surface area contributed by atoms with Gasteiger partial charge in [0.1, 0.15) is 24.2 Å². The maximum atomic E-state index is 13.1. The number of Topliss-reactive ketones (excluding diaryl/α,β-unsaturated/α-hetero) is 2. The Bertz CT molecular complexity index is 1750. The van der Waals surface area contributed by atoms with Gasteiger partial charge in [0.25, 0.3) is 5.91 Å². The smallest absolute Gasteiger partial charge is 0.255 e. The number of benzene rings is 2. The number of amides is 2. The van der Waals surface area contributed by atoms with Crippen molar-refractivity contribution in [3.05, 3.63) is 77.5 Å². The molecule has 3 aliphatic heterocycles. The van der Waals surface area contributed by atoms with Gasteiger partial charge in [0.15, 0.2) is 11.6 Å². The first kappa shape index (κ1) is 32.8. The van der Waals surface area contributed by atoms with Crippen molar-refractivity contribution in [2.45, 2.75) is 57.5 Å². The maximum Gasteiger partial charge on any atom is 0.255 e. The fraction of sp³-hybridized carbons (Fsp3) is 0.389. The van der Waals surface area contributed by atoms with Gasteiger partial charge in [-0.2, -0.15) is 0 Å². The first-order valence-corrected chi connectivity index (χ1v) is 16.4. The lowest BCUT2D eigenvalue weighted by Crippen LogP contribution is -2.49. The van der Waals surface area contributed by atoms with Crippen molar-refractivity contribution >= 4 is 34.9 Å². The largest absolute Gasteiger partial charge is 0.507 e. The van der Waals surface area contributed by atoms with Crippen LogP contribution in [0.25, 0.3) is 11.3 Å². The normalized spacial score (nSPS) is 18.2. The minimum Gasteiger partial charge on any atom is -0.507 e. The summed E-state index contributed by atoms with van der Waals surface area (Å²) in [4.78, 5) is 55.1. The Kier molecular flexibility index (Phi) is 9.81. The number of hydrogen-bond acceptors (Lipinski definition) is 10. The van der Waals surface area contributed by atoms with Crippen molar-refractivity contribution in [3.63, 3.8) is 0 Å². The number of piperidine rings is 2. The molecule has 250 valence electrons. The van der Waals surface area contributed by atoms with Gasteiger partial charge in [-0.1, -0.05) is 30.8 Å². The van der Waals surface area contributed by atoms with Crippen LogP contribution in [0.4, 0.5) is 11.5 Å². The molecular weight excluding hydrogens is 612 g/mol. The number of nitrogens with zero attached hydrogens (tertiary/aromatic N) is 4. The zero-order valence-corrected chi connectivity index (χ0v) is 26.8. The molecule has 1 aromatic heterocycles. The first-order chi connectivity index (χ1) is 23.2. The van der Waals surface area contributed by atoms with Crippen LogP contribution >= 0.6 is 0 Å². The molecule has 0 aliphatic carbocycles. The summed E-state index contributed by atoms with van der Waals surface area (Å²) in [6, 6.07) is 13.5. The third-order valence-electron chi connectivity index (χ3n) is 9.43. The lowest BCUT2D eigenvalue weighted by Gasteiger charge is -2.33. The molecule has 2 saturated heterocycles. The molecule has 0 bridgehead atoms. The van der Waals surface area contributed by atoms with Gasteiger partial charge in [0, 0.05) is 61.8 Å². The quantitative estimate of drug-likeness (QED) is 0.246. The number of fused-ring (bicyclic) bond motifs is 1. The number of carbonyl (C=O) groups excluding carboxylic acids is 4. The van der Waals surface area contributed by atoms with E-state index in [9.17, 15) is 24.3 Å². The number of anilines is 2. The number of nitrogen functional groups attached to an aromatic ring is 1. The standard InChI is InChI=1S/C36H40N6O6/c1-22-11-12-30(35(46)38-22)42-20-28-24(6-4-8-26(28)36(42)47)18-25(43)21-48-17-5-10-32(44)23-13-15-41(16-14-23)31-19-29(39-40-34(31)37)27-7-2-3-9-33(27)45/h2-4,6-9,19,23,30,45H,1,5,10-18,20-21H2,(H2,37,40)(H,38,46). The summed E-state index contributed by atoms with van der Waals surface area (Å²) in [6.07, 6.45) is 3.55. The highest BCUT2D eigenvalue weighted by atomic mass is 16.5. The molecule has 2 aromatic carbocycles. The number of nitrogens with two attached hydrogens (primary N) is 1.